The van der Waals surface area contributed by atoms with Gasteiger partial charge in [-0.25, -0.2) is 9.78 Å². The summed E-state index contributed by atoms with van der Waals surface area (Å²) in [4.78, 5) is 36.9. The van der Waals surface area contributed by atoms with E-state index in [-0.39, 0.29) is 11.6 Å². The lowest BCUT2D eigenvalue weighted by Gasteiger charge is -2.36. The van der Waals surface area contributed by atoms with Crippen molar-refractivity contribution in [3.8, 4) is 0 Å². The van der Waals surface area contributed by atoms with Crippen LogP contribution in [0.3, 0.4) is 0 Å². The number of nitrogens with zero attached hydrogens (tertiary/aromatic N) is 4. The molecule has 0 bridgehead atoms. The van der Waals surface area contributed by atoms with E-state index in [0.29, 0.717) is 22.9 Å². The fourth-order valence-corrected chi connectivity index (χ4v) is 4.98. The van der Waals surface area contributed by atoms with E-state index in [1.165, 1.54) is 0 Å². The molecule has 5 rings (SSSR count). The summed E-state index contributed by atoms with van der Waals surface area (Å²) >= 11 is 5.50. The molecule has 1 aliphatic carbocycles. The summed E-state index contributed by atoms with van der Waals surface area (Å²) in [5.41, 5.74) is 4.26. The van der Waals surface area contributed by atoms with E-state index in [1.807, 2.05) is 38.1 Å². The molecule has 9 heteroatoms. The van der Waals surface area contributed by atoms with E-state index >= 15 is 0 Å². The van der Waals surface area contributed by atoms with Crippen molar-refractivity contribution in [1.29, 1.82) is 0 Å². The van der Waals surface area contributed by atoms with Crippen LogP contribution in [0.5, 0.6) is 0 Å². The van der Waals surface area contributed by atoms with Gasteiger partial charge in [0.15, 0.2) is 0 Å². The Morgan fingerprint density at radius 2 is 1.94 bits per heavy atom. The number of amides is 1. The number of aryl methyl sites for hydroxylation is 1. The zero-order chi connectivity index (χ0) is 23.8. The number of nitrogens with one attached hydrogen (secondary N) is 2. The van der Waals surface area contributed by atoms with Crippen molar-refractivity contribution < 1.29 is 4.79 Å². The smallest absolute Gasteiger partial charge is 0.326 e. The highest BCUT2D eigenvalue weighted by atomic mass is 32.1. The van der Waals surface area contributed by atoms with Crippen molar-refractivity contribution >= 4 is 34.7 Å². The predicted molar refractivity (Wildman–Crippen MR) is 136 cm³/mol. The standard InChI is InChI=1S/C25H30N6O2S/c1-3-31-24(34)19-7-4-17(14-21(19)28-25(31)33)15-29-10-12-30(13-11-29)22-9-8-20(26-16(22)2)23(32)27-18-5-6-18/h4,7-9,14,18H,3,5-6,10-13,15H2,1-2H3,(H,27,32)(H,28,33). The molecule has 8 nitrogen and oxygen atoms in total. The lowest BCUT2D eigenvalue weighted by Crippen LogP contribution is -2.46. The number of hydrogen-bond acceptors (Lipinski definition) is 6. The van der Waals surface area contributed by atoms with Crippen molar-refractivity contribution in [1.82, 2.24) is 24.8 Å². The number of piperazine rings is 1. The van der Waals surface area contributed by atoms with Gasteiger partial charge in [-0.2, -0.15) is 0 Å². The molecule has 2 N–H and O–H groups in total. The number of aromatic nitrogens is 3. The number of H-pyrrole nitrogens is 1. The Morgan fingerprint density at radius 1 is 1.18 bits per heavy atom. The third kappa shape index (κ3) is 4.63. The van der Waals surface area contributed by atoms with Crippen LogP contribution in [0.2, 0.25) is 0 Å². The van der Waals surface area contributed by atoms with Gasteiger partial charge in [-0.05, 0) is 56.5 Å². The number of benzene rings is 1. The van der Waals surface area contributed by atoms with Crippen LogP contribution in [0.25, 0.3) is 10.9 Å². The van der Waals surface area contributed by atoms with Crippen LogP contribution in [-0.2, 0) is 13.1 Å². The first-order chi connectivity index (χ1) is 16.4. The van der Waals surface area contributed by atoms with Gasteiger partial charge in [-0.1, -0.05) is 18.3 Å². The van der Waals surface area contributed by atoms with Crippen molar-refractivity contribution in [2.75, 3.05) is 31.1 Å². The van der Waals surface area contributed by atoms with Gasteiger partial charge in [0.2, 0.25) is 0 Å². The fraction of sp³-hybridized carbons (Fsp3) is 0.440. The molecular weight excluding hydrogens is 448 g/mol. The molecule has 1 aliphatic heterocycles. The second kappa shape index (κ2) is 9.31. The summed E-state index contributed by atoms with van der Waals surface area (Å²) in [5, 5.41) is 3.90. The molecule has 0 spiro atoms. The molecule has 3 aromatic rings. The van der Waals surface area contributed by atoms with E-state index < -0.39 is 0 Å². The minimum atomic E-state index is -0.161. The van der Waals surface area contributed by atoms with Crippen LogP contribution in [-0.4, -0.2) is 57.6 Å². The highest BCUT2D eigenvalue weighted by Gasteiger charge is 2.25. The van der Waals surface area contributed by atoms with Crippen LogP contribution in [0.15, 0.2) is 35.1 Å². The lowest BCUT2D eigenvalue weighted by atomic mass is 10.1. The number of pyridine rings is 1. The number of hydrogen-bond donors (Lipinski definition) is 2. The Labute approximate surface area is 203 Å². The number of anilines is 1. The minimum Gasteiger partial charge on any atom is -0.368 e. The zero-order valence-corrected chi connectivity index (χ0v) is 20.5. The fourth-order valence-electron chi connectivity index (χ4n) is 4.59. The Morgan fingerprint density at radius 3 is 2.62 bits per heavy atom. The highest BCUT2D eigenvalue weighted by Crippen LogP contribution is 2.23. The Kier molecular flexibility index (Phi) is 6.22. The van der Waals surface area contributed by atoms with Gasteiger partial charge in [0.25, 0.3) is 5.91 Å². The predicted octanol–water partition coefficient (Wildman–Crippen LogP) is 3.00. The maximum Gasteiger partial charge on any atom is 0.326 e. The summed E-state index contributed by atoms with van der Waals surface area (Å²) in [6.07, 6.45) is 2.14. The van der Waals surface area contributed by atoms with Crippen LogP contribution in [0.1, 0.15) is 41.5 Å². The maximum atomic E-state index is 12.3. The molecule has 2 aromatic heterocycles. The van der Waals surface area contributed by atoms with Crippen molar-refractivity contribution in [3.63, 3.8) is 0 Å². The molecule has 0 atom stereocenters. The third-order valence-corrected chi connectivity index (χ3v) is 7.13. The molecule has 1 aromatic carbocycles. The first-order valence-electron chi connectivity index (χ1n) is 11.9. The van der Waals surface area contributed by atoms with Crippen molar-refractivity contribution in [2.45, 2.75) is 45.8 Å². The number of aromatic amines is 1. The summed E-state index contributed by atoms with van der Waals surface area (Å²) in [5.74, 6) is -0.0774. The third-order valence-electron chi connectivity index (χ3n) is 6.68. The summed E-state index contributed by atoms with van der Waals surface area (Å²) in [7, 11) is 0. The second-order valence-corrected chi connectivity index (χ2v) is 9.56. The van der Waals surface area contributed by atoms with Gasteiger partial charge < -0.3 is 15.2 Å². The summed E-state index contributed by atoms with van der Waals surface area (Å²) in [6, 6.07) is 10.3. The largest absolute Gasteiger partial charge is 0.368 e. The van der Waals surface area contributed by atoms with E-state index in [1.54, 1.807) is 4.57 Å². The van der Waals surface area contributed by atoms with Crippen LogP contribution >= 0.6 is 12.2 Å². The molecule has 0 radical (unpaired) electrons. The minimum absolute atomic E-state index is 0.0774. The second-order valence-electron chi connectivity index (χ2n) is 9.17. The first kappa shape index (κ1) is 22.7. The van der Waals surface area contributed by atoms with Gasteiger partial charge in [0.1, 0.15) is 10.3 Å². The monoisotopic (exact) mass is 478 g/mol. The van der Waals surface area contributed by atoms with Crippen molar-refractivity contribution in [3.05, 3.63) is 62.4 Å². The Balaban J connectivity index is 1.23. The number of rotatable bonds is 6. The molecule has 1 saturated heterocycles. The molecular formula is C25H30N6O2S. The van der Waals surface area contributed by atoms with E-state index in [4.69, 9.17) is 12.2 Å². The van der Waals surface area contributed by atoms with Gasteiger partial charge in [0.05, 0.1) is 16.9 Å². The van der Waals surface area contributed by atoms with Crippen LogP contribution in [0.4, 0.5) is 5.69 Å². The SMILES string of the molecule is CCn1c(=O)[nH]c2cc(CN3CCN(c4ccc(C(=O)NC5CC5)nc4C)CC3)ccc2c1=S. The van der Waals surface area contributed by atoms with Gasteiger partial charge >= 0.3 is 5.69 Å². The van der Waals surface area contributed by atoms with Gasteiger partial charge in [-0.3, -0.25) is 14.3 Å². The molecule has 2 fully saturated rings. The van der Waals surface area contributed by atoms with Crippen molar-refractivity contribution in [2.24, 2.45) is 0 Å². The molecule has 3 heterocycles. The normalized spacial score (nSPS) is 16.7. The van der Waals surface area contributed by atoms with E-state index in [2.05, 4.69) is 31.2 Å². The molecule has 1 saturated carbocycles. The number of carbonyl (C=O) groups excluding carboxylic acids is 1. The number of carbonyl (C=O) groups is 1. The van der Waals surface area contributed by atoms with E-state index in [0.717, 1.165) is 73.4 Å². The Bertz CT molecular complexity index is 1350. The van der Waals surface area contributed by atoms with E-state index in [9.17, 15) is 9.59 Å². The molecule has 2 aliphatic rings. The average molecular weight is 479 g/mol. The topological polar surface area (TPSA) is 86.3 Å². The number of fused-ring (bicyclic) bond motifs is 1. The van der Waals surface area contributed by atoms with Crippen LogP contribution in [0, 0.1) is 11.6 Å². The molecule has 1 amide bonds. The maximum absolute atomic E-state index is 12.3. The van der Waals surface area contributed by atoms with Gasteiger partial charge in [0, 0.05) is 50.7 Å². The highest BCUT2D eigenvalue weighted by molar-refractivity contribution is 7.71. The van der Waals surface area contributed by atoms with Gasteiger partial charge in [-0.15, -0.1) is 0 Å². The zero-order valence-electron chi connectivity index (χ0n) is 19.6. The summed E-state index contributed by atoms with van der Waals surface area (Å²) < 4.78 is 2.17. The molecule has 34 heavy (non-hydrogen) atoms. The first-order valence-corrected chi connectivity index (χ1v) is 12.4. The summed E-state index contributed by atoms with van der Waals surface area (Å²) in [6.45, 7) is 8.91. The average Bonchev–Trinajstić information content (AvgIpc) is 3.64. The Hall–Kier alpha value is -3.04. The molecule has 0 unspecified atom stereocenters. The van der Waals surface area contributed by atoms with Crippen LogP contribution < -0.4 is 15.9 Å². The molecule has 178 valence electrons. The lowest BCUT2D eigenvalue weighted by molar-refractivity contribution is 0.0946. The quantitative estimate of drug-likeness (QED) is 0.530.